The van der Waals surface area contributed by atoms with Gasteiger partial charge in [-0.25, -0.2) is 4.98 Å². The molecule has 9 heteroatoms. The number of ether oxygens (including phenoxy) is 3. The number of aromatic nitrogens is 1. The molecule has 7 nitrogen and oxygen atoms in total. The third kappa shape index (κ3) is 7.27. The molecule has 0 bridgehead atoms. The van der Waals surface area contributed by atoms with Gasteiger partial charge in [0.2, 0.25) is 5.88 Å². The molecule has 1 aliphatic carbocycles. The number of hydrogen-bond donors (Lipinski definition) is 2. The Bertz CT molecular complexity index is 876. The van der Waals surface area contributed by atoms with Crippen molar-refractivity contribution in [2.75, 3.05) is 20.3 Å². The highest BCUT2D eigenvalue weighted by molar-refractivity contribution is 5.79. The molecule has 31 heavy (non-hydrogen) atoms. The van der Waals surface area contributed by atoms with Gasteiger partial charge in [-0.05, 0) is 43.4 Å². The molecule has 0 aliphatic heterocycles. The van der Waals surface area contributed by atoms with Gasteiger partial charge in [0.25, 0.3) is 0 Å². The van der Waals surface area contributed by atoms with Crippen LogP contribution in [0.25, 0.3) is 0 Å². The van der Waals surface area contributed by atoms with Gasteiger partial charge in [-0.1, -0.05) is 12.1 Å². The van der Waals surface area contributed by atoms with Gasteiger partial charge in [-0.3, -0.25) is 4.99 Å². The van der Waals surface area contributed by atoms with Crippen LogP contribution in [0.5, 0.6) is 17.4 Å². The number of nitrogens with one attached hydrogen (secondary N) is 2. The number of halogens is 2. The quantitative estimate of drug-likeness (QED) is 0.415. The minimum atomic E-state index is -2.94. The van der Waals surface area contributed by atoms with Crippen LogP contribution in [-0.2, 0) is 13.1 Å². The van der Waals surface area contributed by atoms with E-state index in [9.17, 15) is 8.78 Å². The number of rotatable bonds is 11. The Labute approximate surface area is 180 Å². The number of guanidine groups is 1. The van der Waals surface area contributed by atoms with Crippen molar-refractivity contribution >= 4 is 5.96 Å². The summed E-state index contributed by atoms with van der Waals surface area (Å²) < 4.78 is 41.6. The Morgan fingerprint density at radius 1 is 1.19 bits per heavy atom. The minimum Gasteiger partial charge on any atom is -0.490 e. The second-order valence-electron chi connectivity index (χ2n) is 7.09. The Morgan fingerprint density at radius 2 is 2.00 bits per heavy atom. The van der Waals surface area contributed by atoms with Crippen molar-refractivity contribution in [3.8, 4) is 17.4 Å². The molecule has 0 radical (unpaired) electrons. The molecule has 0 amide bonds. The largest absolute Gasteiger partial charge is 0.490 e. The molecule has 1 saturated carbocycles. The van der Waals surface area contributed by atoms with Crippen LogP contribution in [-0.4, -0.2) is 37.8 Å². The maximum Gasteiger partial charge on any atom is 0.387 e. The third-order valence-electron chi connectivity index (χ3n) is 4.66. The number of para-hydroxylation sites is 1. The average Bonchev–Trinajstić information content (AvgIpc) is 3.59. The van der Waals surface area contributed by atoms with Crippen molar-refractivity contribution in [3.05, 3.63) is 47.7 Å². The zero-order chi connectivity index (χ0) is 22.1. The molecular formula is C22H28F2N4O3. The number of nitrogens with zero attached hydrogens (tertiary/aromatic N) is 2. The average molecular weight is 434 g/mol. The lowest BCUT2D eigenvalue weighted by Crippen LogP contribution is -2.36. The first-order valence-corrected chi connectivity index (χ1v) is 10.3. The predicted molar refractivity (Wildman–Crippen MR) is 114 cm³/mol. The number of benzene rings is 1. The van der Waals surface area contributed by atoms with Gasteiger partial charge in [0.05, 0.1) is 13.2 Å². The zero-order valence-electron chi connectivity index (χ0n) is 17.7. The van der Waals surface area contributed by atoms with E-state index in [1.54, 1.807) is 38.4 Å². The van der Waals surface area contributed by atoms with Crippen LogP contribution < -0.4 is 24.8 Å². The lowest BCUT2D eigenvalue weighted by atomic mass is 10.2. The molecule has 2 N–H and O–H groups in total. The number of aliphatic imine (C=N–C) groups is 1. The summed E-state index contributed by atoms with van der Waals surface area (Å²) in [5.41, 5.74) is 1.53. The lowest BCUT2D eigenvalue weighted by molar-refractivity contribution is -0.0520. The number of hydrogen-bond acceptors (Lipinski definition) is 5. The Kier molecular flexibility index (Phi) is 8.26. The molecule has 2 aromatic rings. The zero-order valence-corrected chi connectivity index (χ0v) is 17.7. The number of pyridine rings is 1. The van der Waals surface area contributed by atoms with Gasteiger partial charge in [0, 0.05) is 38.0 Å². The summed E-state index contributed by atoms with van der Waals surface area (Å²) in [5.74, 6) is 2.08. The van der Waals surface area contributed by atoms with E-state index in [1.807, 2.05) is 12.1 Å². The van der Waals surface area contributed by atoms with Crippen molar-refractivity contribution in [3.63, 3.8) is 0 Å². The summed E-state index contributed by atoms with van der Waals surface area (Å²) in [5, 5.41) is 6.31. The van der Waals surface area contributed by atoms with Gasteiger partial charge in [-0.15, -0.1) is 0 Å². The monoisotopic (exact) mass is 434 g/mol. The van der Waals surface area contributed by atoms with Crippen molar-refractivity contribution in [1.29, 1.82) is 0 Å². The molecule has 0 spiro atoms. The fraction of sp³-hybridized carbons (Fsp3) is 0.455. The Hall–Kier alpha value is -3.10. The van der Waals surface area contributed by atoms with Gasteiger partial charge in [0.15, 0.2) is 17.5 Å². The van der Waals surface area contributed by atoms with Gasteiger partial charge < -0.3 is 24.8 Å². The van der Waals surface area contributed by atoms with Gasteiger partial charge >= 0.3 is 6.61 Å². The lowest BCUT2D eigenvalue weighted by Gasteiger charge is -2.17. The number of alkyl halides is 2. The van der Waals surface area contributed by atoms with E-state index in [4.69, 9.17) is 14.2 Å². The summed E-state index contributed by atoms with van der Waals surface area (Å²) in [4.78, 5) is 8.42. The SMILES string of the molecule is CCOc1cccc(CNC(=NC)NCc2ccnc(OCC3CC3)c2)c1OC(F)F. The van der Waals surface area contributed by atoms with Crippen molar-refractivity contribution in [2.45, 2.75) is 39.5 Å². The summed E-state index contributed by atoms with van der Waals surface area (Å²) in [6.45, 7) is 0.621. The van der Waals surface area contributed by atoms with Crippen molar-refractivity contribution < 1.29 is 23.0 Å². The molecular weight excluding hydrogens is 406 g/mol. The van der Waals surface area contributed by atoms with Crippen LogP contribution in [0, 0.1) is 5.92 Å². The van der Waals surface area contributed by atoms with Crippen molar-refractivity contribution in [2.24, 2.45) is 10.9 Å². The van der Waals surface area contributed by atoms with Crippen LogP contribution in [0.2, 0.25) is 0 Å². The standard InChI is InChI=1S/C22H28F2N4O3/c1-3-29-18-6-4-5-17(20(18)31-21(23)24)13-28-22(25-2)27-12-16-9-10-26-19(11-16)30-14-15-7-8-15/h4-6,9-11,15,21H,3,7-8,12-14H2,1-2H3,(H2,25,27,28). The molecule has 0 unspecified atom stereocenters. The summed E-state index contributed by atoms with van der Waals surface area (Å²) in [7, 11) is 1.64. The maximum absolute atomic E-state index is 12.9. The van der Waals surface area contributed by atoms with Crippen LogP contribution in [0.3, 0.4) is 0 Å². The van der Waals surface area contributed by atoms with E-state index >= 15 is 0 Å². The normalized spacial score (nSPS) is 13.8. The molecule has 0 atom stereocenters. The molecule has 1 aromatic heterocycles. The molecule has 0 saturated heterocycles. The predicted octanol–water partition coefficient (Wildman–Crippen LogP) is 3.74. The summed E-state index contributed by atoms with van der Waals surface area (Å²) >= 11 is 0. The molecule has 3 rings (SSSR count). The van der Waals surface area contributed by atoms with Crippen LogP contribution >= 0.6 is 0 Å². The van der Waals surface area contributed by atoms with E-state index in [-0.39, 0.29) is 18.0 Å². The first kappa shape index (κ1) is 22.6. The highest BCUT2D eigenvalue weighted by Gasteiger charge is 2.22. The van der Waals surface area contributed by atoms with E-state index in [0.29, 0.717) is 43.1 Å². The topological polar surface area (TPSA) is 77.0 Å². The van der Waals surface area contributed by atoms with E-state index < -0.39 is 6.61 Å². The van der Waals surface area contributed by atoms with Gasteiger partial charge in [0.1, 0.15) is 0 Å². The molecule has 1 aromatic carbocycles. The first-order valence-electron chi connectivity index (χ1n) is 10.3. The molecule has 1 aliphatic rings. The third-order valence-corrected chi connectivity index (χ3v) is 4.66. The molecule has 168 valence electrons. The first-order chi connectivity index (χ1) is 15.1. The maximum atomic E-state index is 12.9. The van der Waals surface area contributed by atoms with Crippen LogP contribution in [0.15, 0.2) is 41.5 Å². The fourth-order valence-corrected chi connectivity index (χ4v) is 2.90. The van der Waals surface area contributed by atoms with Crippen molar-refractivity contribution in [1.82, 2.24) is 15.6 Å². The van der Waals surface area contributed by atoms with E-state index in [0.717, 1.165) is 5.56 Å². The van der Waals surface area contributed by atoms with Gasteiger partial charge in [-0.2, -0.15) is 8.78 Å². The highest BCUT2D eigenvalue weighted by Crippen LogP contribution is 2.32. The van der Waals surface area contributed by atoms with Crippen LogP contribution in [0.4, 0.5) is 8.78 Å². The summed E-state index contributed by atoms with van der Waals surface area (Å²) in [6, 6.07) is 8.82. The fourth-order valence-electron chi connectivity index (χ4n) is 2.90. The Morgan fingerprint density at radius 3 is 2.71 bits per heavy atom. The Balaban J connectivity index is 1.57. The van der Waals surface area contributed by atoms with Crippen LogP contribution in [0.1, 0.15) is 30.9 Å². The smallest absolute Gasteiger partial charge is 0.387 e. The highest BCUT2D eigenvalue weighted by atomic mass is 19.3. The second-order valence-corrected chi connectivity index (χ2v) is 7.09. The molecule has 1 heterocycles. The summed E-state index contributed by atoms with van der Waals surface area (Å²) in [6.07, 6.45) is 4.16. The second kappa shape index (κ2) is 11.3. The molecule has 1 fully saturated rings. The van der Waals surface area contributed by atoms with E-state index in [2.05, 4.69) is 20.6 Å². The minimum absolute atomic E-state index is 0.0221. The van der Waals surface area contributed by atoms with E-state index in [1.165, 1.54) is 12.8 Å².